The Morgan fingerprint density at radius 3 is 2.58 bits per heavy atom. The van der Waals surface area contributed by atoms with Crippen molar-refractivity contribution in [3.05, 3.63) is 21.9 Å². The van der Waals surface area contributed by atoms with E-state index in [0.717, 1.165) is 18.9 Å². The van der Waals surface area contributed by atoms with Crippen LogP contribution in [0.15, 0.2) is 11.4 Å². The first-order valence-corrected chi connectivity index (χ1v) is 8.94. The minimum absolute atomic E-state index is 0.571. The van der Waals surface area contributed by atoms with Crippen LogP contribution in [-0.4, -0.2) is 6.54 Å². The molecule has 0 aromatic carbocycles. The average molecular weight is 282 g/mol. The highest BCUT2D eigenvalue weighted by molar-refractivity contribution is 7.10. The summed E-state index contributed by atoms with van der Waals surface area (Å²) < 4.78 is 0. The molecule has 1 heterocycles. The number of rotatable bonds is 10. The minimum atomic E-state index is 0.571. The van der Waals surface area contributed by atoms with E-state index >= 15 is 0 Å². The molecule has 1 nitrogen and oxygen atoms in total. The molecule has 1 aromatic rings. The molecule has 0 aliphatic carbocycles. The van der Waals surface area contributed by atoms with Crippen LogP contribution in [0.2, 0.25) is 0 Å². The highest BCUT2D eigenvalue weighted by atomic mass is 32.1. The lowest BCUT2D eigenvalue weighted by molar-refractivity contribution is 0.359. The Morgan fingerprint density at radius 1 is 1.21 bits per heavy atom. The van der Waals surface area contributed by atoms with Gasteiger partial charge in [-0.2, -0.15) is 0 Å². The third-order valence-corrected chi connectivity index (χ3v) is 5.11. The zero-order valence-corrected chi connectivity index (χ0v) is 14.0. The summed E-state index contributed by atoms with van der Waals surface area (Å²) in [5.74, 6) is 0.871. The van der Waals surface area contributed by atoms with Crippen LogP contribution < -0.4 is 5.32 Å². The van der Waals surface area contributed by atoms with Crippen LogP contribution in [0.3, 0.4) is 0 Å². The van der Waals surface area contributed by atoms with Crippen molar-refractivity contribution < 1.29 is 0 Å². The molecule has 19 heavy (non-hydrogen) atoms. The summed E-state index contributed by atoms with van der Waals surface area (Å²) >= 11 is 1.94. The first kappa shape index (κ1) is 16.7. The Labute approximate surface area is 123 Å². The van der Waals surface area contributed by atoms with Crippen LogP contribution in [-0.2, 0) is 6.42 Å². The summed E-state index contributed by atoms with van der Waals surface area (Å²) in [7, 11) is 0. The summed E-state index contributed by atoms with van der Waals surface area (Å²) in [5.41, 5.74) is 1.54. The highest BCUT2D eigenvalue weighted by Gasteiger charge is 2.19. The molecule has 0 spiro atoms. The van der Waals surface area contributed by atoms with E-state index in [4.69, 9.17) is 0 Å². The van der Waals surface area contributed by atoms with Crippen LogP contribution in [0.4, 0.5) is 0 Å². The lowest BCUT2D eigenvalue weighted by Gasteiger charge is -2.24. The van der Waals surface area contributed by atoms with E-state index in [0.29, 0.717) is 6.04 Å². The maximum Gasteiger partial charge on any atom is 0.0420 e. The molecular weight excluding hydrogens is 250 g/mol. The molecule has 2 heteroatoms. The van der Waals surface area contributed by atoms with Crippen molar-refractivity contribution in [2.75, 3.05) is 6.54 Å². The molecule has 0 saturated heterocycles. The standard InChI is InChI=1S/C17H31NS/c1-5-9-10-14(6-2)13-16(18-8-4)17-15(7-3)11-12-19-17/h11-12,14,16,18H,5-10,13H2,1-4H3. The molecule has 0 amide bonds. The second kappa shape index (κ2) is 9.55. The van der Waals surface area contributed by atoms with Crippen molar-refractivity contribution in [3.8, 4) is 0 Å². The smallest absolute Gasteiger partial charge is 0.0420 e. The topological polar surface area (TPSA) is 12.0 Å². The van der Waals surface area contributed by atoms with Gasteiger partial charge in [0.1, 0.15) is 0 Å². The van der Waals surface area contributed by atoms with Crippen molar-refractivity contribution in [2.24, 2.45) is 5.92 Å². The number of nitrogens with one attached hydrogen (secondary N) is 1. The molecule has 0 saturated carbocycles. The first-order chi connectivity index (χ1) is 9.26. The fraction of sp³-hybridized carbons (Fsp3) is 0.765. The average Bonchev–Trinajstić information content (AvgIpc) is 2.90. The molecule has 0 aliphatic heterocycles. The molecule has 0 radical (unpaired) electrons. The second-order valence-electron chi connectivity index (χ2n) is 5.43. The van der Waals surface area contributed by atoms with E-state index in [9.17, 15) is 0 Å². The zero-order valence-electron chi connectivity index (χ0n) is 13.2. The molecule has 0 aliphatic rings. The largest absolute Gasteiger partial charge is 0.310 e. The van der Waals surface area contributed by atoms with E-state index in [1.807, 2.05) is 11.3 Å². The molecule has 1 N–H and O–H groups in total. The summed E-state index contributed by atoms with van der Waals surface area (Å²) in [6.45, 7) is 10.2. The molecular formula is C17H31NS. The van der Waals surface area contributed by atoms with Gasteiger partial charge in [-0.1, -0.05) is 53.4 Å². The lowest BCUT2D eigenvalue weighted by Crippen LogP contribution is -2.23. The van der Waals surface area contributed by atoms with Crippen LogP contribution in [0, 0.1) is 5.92 Å². The van der Waals surface area contributed by atoms with Gasteiger partial charge in [-0.3, -0.25) is 0 Å². The summed E-state index contributed by atoms with van der Waals surface area (Å²) in [5, 5.41) is 5.97. The van der Waals surface area contributed by atoms with Gasteiger partial charge in [0.25, 0.3) is 0 Å². The summed E-state index contributed by atoms with van der Waals surface area (Å²) in [6.07, 6.45) is 7.87. The van der Waals surface area contributed by atoms with E-state index in [1.165, 1.54) is 32.1 Å². The van der Waals surface area contributed by atoms with Crippen molar-refractivity contribution >= 4 is 11.3 Å². The monoisotopic (exact) mass is 281 g/mol. The van der Waals surface area contributed by atoms with Gasteiger partial charge < -0.3 is 5.32 Å². The number of aryl methyl sites for hydroxylation is 1. The van der Waals surface area contributed by atoms with Crippen LogP contribution in [0.1, 0.15) is 76.3 Å². The molecule has 0 bridgehead atoms. The third-order valence-electron chi connectivity index (χ3n) is 4.04. The van der Waals surface area contributed by atoms with Gasteiger partial charge in [0.15, 0.2) is 0 Å². The second-order valence-corrected chi connectivity index (χ2v) is 6.37. The number of hydrogen-bond acceptors (Lipinski definition) is 2. The summed E-state index contributed by atoms with van der Waals surface area (Å²) in [4.78, 5) is 1.58. The molecule has 110 valence electrons. The minimum Gasteiger partial charge on any atom is -0.310 e. The Kier molecular flexibility index (Phi) is 8.40. The van der Waals surface area contributed by atoms with Crippen molar-refractivity contribution in [3.63, 3.8) is 0 Å². The van der Waals surface area contributed by atoms with Gasteiger partial charge in [-0.25, -0.2) is 0 Å². The van der Waals surface area contributed by atoms with Gasteiger partial charge in [0, 0.05) is 10.9 Å². The molecule has 0 fully saturated rings. The normalized spacial score (nSPS) is 14.5. The van der Waals surface area contributed by atoms with Crippen molar-refractivity contribution in [1.29, 1.82) is 0 Å². The van der Waals surface area contributed by atoms with Gasteiger partial charge in [-0.15, -0.1) is 11.3 Å². The van der Waals surface area contributed by atoms with Gasteiger partial charge in [-0.05, 0) is 42.3 Å². The molecule has 2 atom stereocenters. The Balaban J connectivity index is 2.70. The summed E-state index contributed by atoms with van der Waals surface area (Å²) in [6, 6.07) is 2.87. The third kappa shape index (κ3) is 5.27. The fourth-order valence-electron chi connectivity index (χ4n) is 2.79. The number of thiophene rings is 1. The molecule has 1 rings (SSSR count). The van der Waals surface area contributed by atoms with Crippen LogP contribution in [0.25, 0.3) is 0 Å². The fourth-order valence-corrected chi connectivity index (χ4v) is 3.88. The van der Waals surface area contributed by atoms with Crippen molar-refractivity contribution in [2.45, 2.75) is 72.3 Å². The number of unbranched alkanes of at least 4 members (excludes halogenated alkanes) is 1. The van der Waals surface area contributed by atoms with Gasteiger partial charge in [0.2, 0.25) is 0 Å². The molecule has 2 unspecified atom stereocenters. The maximum absolute atomic E-state index is 3.71. The van der Waals surface area contributed by atoms with Crippen LogP contribution >= 0.6 is 11.3 Å². The SMILES string of the molecule is CCCCC(CC)CC(NCC)c1sccc1CC. The Bertz CT molecular complexity index is 332. The predicted octanol–water partition coefficient (Wildman–Crippen LogP) is 5.57. The van der Waals surface area contributed by atoms with E-state index in [-0.39, 0.29) is 0 Å². The van der Waals surface area contributed by atoms with E-state index in [2.05, 4.69) is 44.5 Å². The Morgan fingerprint density at radius 2 is 2.00 bits per heavy atom. The number of hydrogen-bond donors (Lipinski definition) is 1. The lowest BCUT2D eigenvalue weighted by atomic mass is 9.90. The Hall–Kier alpha value is -0.340. The zero-order chi connectivity index (χ0) is 14.1. The van der Waals surface area contributed by atoms with Crippen LogP contribution in [0.5, 0.6) is 0 Å². The first-order valence-electron chi connectivity index (χ1n) is 8.06. The predicted molar refractivity (Wildman–Crippen MR) is 88.0 cm³/mol. The van der Waals surface area contributed by atoms with Gasteiger partial charge in [0.05, 0.1) is 0 Å². The van der Waals surface area contributed by atoms with Crippen molar-refractivity contribution in [1.82, 2.24) is 5.32 Å². The van der Waals surface area contributed by atoms with E-state index < -0.39 is 0 Å². The molecule has 1 aromatic heterocycles. The van der Waals surface area contributed by atoms with Gasteiger partial charge >= 0.3 is 0 Å². The van der Waals surface area contributed by atoms with E-state index in [1.54, 1.807) is 10.4 Å². The highest BCUT2D eigenvalue weighted by Crippen LogP contribution is 2.32. The quantitative estimate of drug-likeness (QED) is 0.591. The maximum atomic E-state index is 3.71.